The first-order valence-electron chi connectivity index (χ1n) is 15.0. The number of aromatic nitrogens is 3. The third-order valence-corrected chi connectivity index (χ3v) is 8.88. The number of carbonyl (C=O) groups is 1. The highest BCUT2D eigenvalue weighted by Crippen LogP contribution is 2.44. The third-order valence-electron chi connectivity index (χ3n) is 7.60. The maximum absolute atomic E-state index is 12.4. The molecule has 0 atom stereocenters. The summed E-state index contributed by atoms with van der Waals surface area (Å²) in [6.07, 6.45) is 3.97. The van der Waals surface area contributed by atoms with Crippen molar-refractivity contribution in [3.8, 4) is 22.8 Å². The fourth-order valence-corrected chi connectivity index (χ4v) is 6.30. The minimum atomic E-state index is -0.961. The van der Waals surface area contributed by atoms with Crippen molar-refractivity contribution in [2.45, 2.75) is 70.8 Å². The number of hydrogen-bond donors (Lipinski definition) is 1. The highest BCUT2D eigenvalue weighted by molar-refractivity contribution is 8.00. The molecular formula is C37H41N3O4S. The molecule has 0 aliphatic carbocycles. The van der Waals surface area contributed by atoms with Crippen LogP contribution in [0.25, 0.3) is 22.2 Å². The molecule has 0 unspecified atom stereocenters. The number of fused-ring (bicyclic) bond motifs is 1. The van der Waals surface area contributed by atoms with E-state index in [1.54, 1.807) is 38.9 Å². The van der Waals surface area contributed by atoms with Gasteiger partial charge in [0.15, 0.2) is 0 Å². The normalized spacial score (nSPS) is 12.0. The summed E-state index contributed by atoms with van der Waals surface area (Å²) in [5.41, 5.74) is 5.99. The summed E-state index contributed by atoms with van der Waals surface area (Å²) in [6, 6.07) is 22.3. The Kier molecular flexibility index (Phi) is 9.26. The maximum atomic E-state index is 12.4. The highest BCUT2D eigenvalue weighted by Gasteiger charge is 2.33. The van der Waals surface area contributed by atoms with Gasteiger partial charge in [-0.3, -0.25) is 14.8 Å². The van der Waals surface area contributed by atoms with E-state index in [1.165, 1.54) is 0 Å². The van der Waals surface area contributed by atoms with E-state index >= 15 is 0 Å². The Bertz CT molecular complexity index is 1800. The number of benzene rings is 2. The number of methoxy groups -OCH3 is 1. The number of ether oxygens (including phenoxy) is 2. The molecule has 0 fully saturated rings. The summed E-state index contributed by atoms with van der Waals surface area (Å²) in [7, 11) is 1.65. The topological polar surface area (TPSA) is 86.5 Å². The van der Waals surface area contributed by atoms with Crippen molar-refractivity contribution < 1.29 is 19.4 Å². The Morgan fingerprint density at radius 1 is 0.933 bits per heavy atom. The van der Waals surface area contributed by atoms with Crippen LogP contribution in [-0.4, -0.2) is 37.5 Å². The number of pyridine rings is 2. The van der Waals surface area contributed by atoms with Gasteiger partial charge in [-0.25, -0.2) is 0 Å². The van der Waals surface area contributed by atoms with Crippen LogP contribution in [0.1, 0.15) is 57.1 Å². The molecule has 0 saturated carbocycles. The molecule has 0 radical (unpaired) electrons. The third kappa shape index (κ3) is 7.68. The average Bonchev–Trinajstić information content (AvgIpc) is 3.26. The minimum Gasteiger partial charge on any atom is -0.497 e. The molecule has 0 aliphatic heterocycles. The number of carboxylic acid groups (broad SMARTS) is 1. The van der Waals surface area contributed by atoms with Gasteiger partial charge < -0.3 is 19.1 Å². The van der Waals surface area contributed by atoms with Crippen LogP contribution in [0.3, 0.4) is 0 Å². The number of rotatable bonds is 11. The number of nitrogens with zero attached hydrogens (tertiary/aromatic N) is 3. The average molecular weight is 624 g/mol. The molecule has 2 aromatic carbocycles. The van der Waals surface area contributed by atoms with E-state index in [2.05, 4.69) is 71.7 Å². The van der Waals surface area contributed by atoms with Crippen molar-refractivity contribution >= 4 is 28.6 Å². The zero-order valence-corrected chi connectivity index (χ0v) is 27.9. The van der Waals surface area contributed by atoms with E-state index in [1.807, 2.05) is 43.5 Å². The van der Waals surface area contributed by atoms with Crippen LogP contribution in [0.4, 0.5) is 0 Å². The van der Waals surface area contributed by atoms with Crippen molar-refractivity contribution in [1.29, 1.82) is 0 Å². The number of aliphatic carboxylic acids is 1. The summed E-state index contributed by atoms with van der Waals surface area (Å²) >= 11 is 1.77. The predicted octanol–water partition coefficient (Wildman–Crippen LogP) is 8.59. The molecule has 234 valence electrons. The molecule has 8 heteroatoms. The zero-order valence-electron chi connectivity index (χ0n) is 27.0. The first kappa shape index (κ1) is 32.1. The van der Waals surface area contributed by atoms with E-state index in [-0.39, 0.29) is 4.75 Å². The lowest BCUT2D eigenvalue weighted by atomic mass is 9.88. The van der Waals surface area contributed by atoms with Crippen LogP contribution >= 0.6 is 11.8 Å². The van der Waals surface area contributed by atoms with Crippen LogP contribution in [0.2, 0.25) is 0 Å². The smallest absolute Gasteiger partial charge is 0.309 e. The summed E-state index contributed by atoms with van der Waals surface area (Å²) in [5.74, 6) is 0.684. The van der Waals surface area contributed by atoms with Gasteiger partial charge in [0.1, 0.15) is 18.1 Å². The number of carboxylic acids is 1. The molecule has 0 bridgehead atoms. The maximum Gasteiger partial charge on any atom is 0.309 e. The molecule has 3 heterocycles. The van der Waals surface area contributed by atoms with Gasteiger partial charge in [-0.1, -0.05) is 51.1 Å². The lowest BCUT2D eigenvalue weighted by Crippen LogP contribution is -2.28. The summed E-state index contributed by atoms with van der Waals surface area (Å²) in [4.78, 5) is 22.4. The van der Waals surface area contributed by atoms with Crippen LogP contribution < -0.4 is 9.47 Å². The largest absolute Gasteiger partial charge is 0.497 e. The minimum absolute atomic E-state index is 0.102. The van der Waals surface area contributed by atoms with Gasteiger partial charge in [0.05, 0.1) is 23.9 Å². The Hall–Kier alpha value is -4.30. The first-order chi connectivity index (χ1) is 21.3. The van der Waals surface area contributed by atoms with E-state index in [0.29, 0.717) is 19.6 Å². The van der Waals surface area contributed by atoms with E-state index < -0.39 is 11.4 Å². The monoisotopic (exact) mass is 623 g/mol. The van der Waals surface area contributed by atoms with E-state index in [9.17, 15) is 9.90 Å². The van der Waals surface area contributed by atoms with Gasteiger partial charge in [-0.15, -0.1) is 11.8 Å². The fraction of sp³-hybridized carbons (Fsp3) is 0.324. The predicted molar refractivity (Wildman–Crippen MR) is 181 cm³/mol. The summed E-state index contributed by atoms with van der Waals surface area (Å²) < 4.78 is 13.8. The van der Waals surface area contributed by atoms with Gasteiger partial charge in [-0.2, -0.15) is 0 Å². The van der Waals surface area contributed by atoms with E-state index in [0.717, 1.165) is 61.1 Å². The molecule has 0 saturated heterocycles. The SMILES string of the molecule is COc1ccnc(-c2ccc(Cn3c(CC(C)(C)C(=O)O)c(SC(C)(C)C)c4cc(OCc5ccc(C)cn5)ccc43)cc2)c1. The van der Waals surface area contributed by atoms with Crippen molar-refractivity contribution in [1.82, 2.24) is 14.5 Å². The summed E-state index contributed by atoms with van der Waals surface area (Å²) in [6.45, 7) is 13.1. The van der Waals surface area contributed by atoms with Gasteiger partial charge in [-0.05, 0) is 62.2 Å². The quantitative estimate of drug-likeness (QED) is 0.148. The number of hydrogen-bond acceptors (Lipinski definition) is 6. The van der Waals surface area contributed by atoms with Crippen molar-refractivity contribution in [2.24, 2.45) is 5.41 Å². The first-order valence-corrected chi connectivity index (χ1v) is 15.9. The van der Waals surface area contributed by atoms with Crippen LogP contribution in [0.15, 0.2) is 84.0 Å². The van der Waals surface area contributed by atoms with Crippen LogP contribution in [0.5, 0.6) is 11.5 Å². The molecule has 45 heavy (non-hydrogen) atoms. The Labute approximate surface area is 269 Å². The van der Waals surface area contributed by atoms with E-state index in [4.69, 9.17) is 9.47 Å². The summed E-state index contributed by atoms with van der Waals surface area (Å²) in [5, 5.41) is 11.2. The van der Waals surface area contributed by atoms with Gasteiger partial charge in [0, 0.05) is 63.2 Å². The van der Waals surface area contributed by atoms with Gasteiger partial charge in [0.25, 0.3) is 0 Å². The molecule has 7 nitrogen and oxygen atoms in total. The second kappa shape index (κ2) is 13.0. The molecule has 3 aromatic heterocycles. The molecular weight excluding hydrogens is 582 g/mol. The van der Waals surface area contributed by atoms with Crippen molar-refractivity contribution in [3.05, 3.63) is 102 Å². The number of thioether (sulfide) groups is 1. The lowest BCUT2D eigenvalue weighted by Gasteiger charge is -2.24. The Balaban J connectivity index is 1.57. The molecule has 5 aromatic rings. The van der Waals surface area contributed by atoms with Gasteiger partial charge in [0.2, 0.25) is 0 Å². The highest BCUT2D eigenvalue weighted by atomic mass is 32.2. The number of aryl methyl sites for hydroxylation is 1. The second-order valence-electron chi connectivity index (χ2n) is 13.0. The Morgan fingerprint density at radius 2 is 1.69 bits per heavy atom. The lowest BCUT2D eigenvalue weighted by molar-refractivity contribution is -0.146. The van der Waals surface area contributed by atoms with Crippen molar-refractivity contribution in [2.75, 3.05) is 7.11 Å². The van der Waals surface area contributed by atoms with Crippen LogP contribution in [0, 0.1) is 12.3 Å². The fourth-order valence-electron chi connectivity index (χ4n) is 5.12. The van der Waals surface area contributed by atoms with Crippen LogP contribution in [-0.2, 0) is 24.4 Å². The molecule has 5 rings (SSSR count). The Morgan fingerprint density at radius 3 is 2.33 bits per heavy atom. The molecule has 1 N–H and O–H groups in total. The molecule has 0 aliphatic rings. The van der Waals surface area contributed by atoms with Crippen molar-refractivity contribution in [3.63, 3.8) is 0 Å². The second-order valence-corrected chi connectivity index (χ2v) is 14.9. The van der Waals surface area contributed by atoms with Gasteiger partial charge >= 0.3 is 5.97 Å². The standard InChI is InChI=1S/C37H41N3O4S/c1-24-8-13-27(39-21-24)23-44-29-14-15-32-30(18-29)34(45-36(2,3)4)33(20-37(5,6)35(41)42)40(32)22-25-9-11-26(12-10-25)31-19-28(43-7)16-17-38-31/h8-19,21H,20,22-23H2,1-7H3,(H,41,42). The molecule has 0 amide bonds. The zero-order chi connectivity index (χ0) is 32.4. The molecule has 0 spiro atoms.